The van der Waals surface area contributed by atoms with Crippen molar-refractivity contribution in [2.75, 3.05) is 13.2 Å². The number of carbonyl (C=O) groups excluding carboxylic acids is 1. The van der Waals surface area contributed by atoms with Gasteiger partial charge < -0.3 is 10.1 Å². The van der Waals surface area contributed by atoms with Gasteiger partial charge >= 0.3 is 0 Å². The lowest BCUT2D eigenvalue weighted by molar-refractivity contribution is -0.122. The maximum absolute atomic E-state index is 12.5. The highest BCUT2D eigenvalue weighted by molar-refractivity contribution is 7.18. The van der Waals surface area contributed by atoms with Gasteiger partial charge in [-0.2, -0.15) is 0 Å². The number of nitrogens with one attached hydrogen (secondary N) is 1. The molecule has 7 heteroatoms. The van der Waals surface area contributed by atoms with Crippen molar-refractivity contribution in [3.8, 4) is 0 Å². The predicted octanol–water partition coefficient (Wildman–Crippen LogP) is 1.37. The van der Waals surface area contributed by atoms with E-state index in [1.807, 2.05) is 13.8 Å². The first-order chi connectivity index (χ1) is 10.6. The van der Waals surface area contributed by atoms with Crippen LogP contribution in [0.25, 0.3) is 10.2 Å². The fourth-order valence-electron chi connectivity index (χ4n) is 2.63. The zero-order chi connectivity index (χ0) is 15.7. The summed E-state index contributed by atoms with van der Waals surface area (Å²) >= 11 is 1.51. The van der Waals surface area contributed by atoms with E-state index in [2.05, 4.69) is 10.3 Å². The predicted molar refractivity (Wildman–Crippen MR) is 85.3 cm³/mol. The minimum Gasteiger partial charge on any atom is -0.376 e. The molecule has 0 saturated carbocycles. The maximum atomic E-state index is 12.5. The van der Waals surface area contributed by atoms with Crippen molar-refractivity contribution in [1.82, 2.24) is 14.9 Å². The molecule has 1 N–H and O–H groups in total. The molecule has 3 heterocycles. The van der Waals surface area contributed by atoms with Crippen molar-refractivity contribution in [3.63, 3.8) is 0 Å². The second kappa shape index (κ2) is 6.18. The summed E-state index contributed by atoms with van der Waals surface area (Å²) in [6.45, 7) is 5.14. The lowest BCUT2D eigenvalue weighted by atomic mass is 10.2. The van der Waals surface area contributed by atoms with Crippen LogP contribution in [0.5, 0.6) is 0 Å². The number of aryl methyl sites for hydroxylation is 2. The standard InChI is InChI=1S/C15H19N3O3S/c1-9-10(2)22-14-13(9)15(20)18(8-17-14)7-12(19)16-6-11-4-3-5-21-11/h8,11H,3-7H2,1-2H3,(H,16,19)/t11-/m0/s1. The quantitative estimate of drug-likeness (QED) is 0.923. The Bertz CT molecular complexity index is 759. The number of ether oxygens (including phenoxy) is 1. The van der Waals surface area contributed by atoms with Crippen LogP contribution in [-0.4, -0.2) is 34.7 Å². The van der Waals surface area contributed by atoms with Gasteiger partial charge in [-0.3, -0.25) is 14.2 Å². The monoisotopic (exact) mass is 321 g/mol. The summed E-state index contributed by atoms with van der Waals surface area (Å²) < 4.78 is 6.83. The molecule has 0 radical (unpaired) electrons. The van der Waals surface area contributed by atoms with E-state index < -0.39 is 0 Å². The molecular weight excluding hydrogens is 302 g/mol. The summed E-state index contributed by atoms with van der Waals surface area (Å²) in [4.78, 5) is 30.6. The third-order valence-electron chi connectivity index (χ3n) is 4.02. The van der Waals surface area contributed by atoms with Crippen molar-refractivity contribution >= 4 is 27.5 Å². The minimum atomic E-state index is -0.191. The second-order valence-electron chi connectivity index (χ2n) is 5.58. The number of nitrogens with zero attached hydrogens (tertiary/aromatic N) is 2. The maximum Gasteiger partial charge on any atom is 0.262 e. The SMILES string of the molecule is Cc1sc2ncn(CC(=O)NC[C@@H]3CCCO3)c(=O)c2c1C. The van der Waals surface area contributed by atoms with Crippen LogP contribution in [0, 0.1) is 13.8 Å². The van der Waals surface area contributed by atoms with E-state index in [4.69, 9.17) is 4.74 Å². The van der Waals surface area contributed by atoms with Crippen LogP contribution in [0.2, 0.25) is 0 Å². The molecule has 1 fully saturated rings. The van der Waals surface area contributed by atoms with E-state index in [9.17, 15) is 9.59 Å². The van der Waals surface area contributed by atoms with Crippen LogP contribution in [0.1, 0.15) is 23.3 Å². The zero-order valence-electron chi connectivity index (χ0n) is 12.7. The lowest BCUT2D eigenvalue weighted by Crippen LogP contribution is -2.36. The highest BCUT2D eigenvalue weighted by Gasteiger charge is 2.17. The lowest BCUT2D eigenvalue weighted by Gasteiger charge is -2.11. The number of rotatable bonds is 4. The molecule has 1 aliphatic heterocycles. The first-order valence-electron chi connectivity index (χ1n) is 7.39. The summed E-state index contributed by atoms with van der Waals surface area (Å²) in [5.74, 6) is -0.191. The normalized spacial score (nSPS) is 18.0. The third-order valence-corrected chi connectivity index (χ3v) is 5.14. The Hall–Kier alpha value is -1.73. The number of carbonyl (C=O) groups is 1. The summed E-state index contributed by atoms with van der Waals surface area (Å²) in [5.41, 5.74) is 0.797. The molecule has 1 atom stereocenters. The molecular formula is C15H19N3O3S. The Kier molecular flexibility index (Phi) is 4.26. The van der Waals surface area contributed by atoms with E-state index in [-0.39, 0.29) is 24.1 Å². The first kappa shape index (κ1) is 15.2. The van der Waals surface area contributed by atoms with Crippen LogP contribution >= 0.6 is 11.3 Å². The Balaban J connectivity index is 1.73. The Morgan fingerprint density at radius 1 is 1.55 bits per heavy atom. The smallest absolute Gasteiger partial charge is 0.262 e. The minimum absolute atomic E-state index is 0.0111. The van der Waals surface area contributed by atoms with E-state index in [0.717, 1.165) is 34.7 Å². The summed E-state index contributed by atoms with van der Waals surface area (Å²) in [6.07, 6.45) is 3.56. The molecule has 0 spiro atoms. The molecule has 0 unspecified atom stereocenters. The Labute approximate surface area is 132 Å². The number of hydrogen-bond acceptors (Lipinski definition) is 5. The van der Waals surface area contributed by atoms with Crippen molar-refractivity contribution in [2.45, 2.75) is 39.3 Å². The molecule has 0 aliphatic carbocycles. The number of hydrogen-bond donors (Lipinski definition) is 1. The number of amides is 1. The van der Waals surface area contributed by atoms with Crippen LogP contribution in [0.15, 0.2) is 11.1 Å². The molecule has 118 valence electrons. The van der Waals surface area contributed by atoms with Gasteiger partial charge in [-0.15, -0.1) is 11.3 Å². The number of aromatic nitrogens is 2. The number of fused-ring (bicyclic) bond motifs is 1. The van der Waals surface area contributed by atoms with Gasteiger partial charge in [-0.25, -0.2) is 4.98 Å². The molecule has 0 aromatic carbocycles. The van der Waals surface area contributed by atoms with Gasteiger partial charge in [0.25, 0.3) is 5.56 Å². The van der Waals surface area contributed by atoms with Gasteiger partial charge in [0, 0.05) is 18.0 Å². The van der Waals surface area contributed by atoms with E-state index >= 15 is 0 Å². The topological polar surface area (TPSA) is 73.2 Å². The van der Waals surface area contributed by atoms with Crippen molar-refractivity contribution in [2.24, 2.45) is 0 Å². The summed E-state index contributed by atoms with van der Waals surface area (Å²) in [5, 5.41) is 3.44. The molecule has 0 bridgehead atoms. The average molecular weight is 321 g/mol. The molecule has 2 aromatic rings. The van der Waals surface area contributed by atoms with Crippen molar-refractivity contribution in [1.29, 1.82) is 0 Å². The fraction of sp³-hybridized carbons (Fsp3) is 0.533. The molecule has 1 amide bonds. The second-order valence-corrected chi connectivity index (χ2v) is 6.78. The summed E-state index contributed by atoms with van der Waals surface area (Å²) in [6, 6.07) is 0. The first-order valence-corrected chi connectivity index (χ1v) is 8.21. The van der Waals surface area contributed by atoms with Gasteiger partial charge in [0.1, 0.15) is 11.4 Å². The van der Waals surface area contributed by atoms with Crippen molar-refractivity contribution in [3.05, 3.63) is 27.1 Å². The van der Waals surface area contributed by atoms with Gasteiger partial charge in [-0.1, -0.05) is 0 Å². The largest absolute Gasteiger partial charge is 0.376 e. The molecule has 1 saturated heterocycles. The third kappa shape index (κ3) is 2.91. The molecule has 2 aromatic heterocycles. The van der Waals surface area contributed by atoms with Crippen molar-refractivity contribution < 1.29 is 9.53 Å². The van der Waals surface area contributed by atoms with E-state index in [1.54, 1.807) is 0 Å². The summed E-state index contributed by atoms with van der Waals surface area (Å²) in [7, 11) is 0. The highest BCUT2D eigenvalue weighted by atomic mass is 32.1. The molecule has 6 nitrogen and oxygen atoms in total. The van der Waals surface area contributed by atoms with E-state index in [1.165, 1.54) is 22.2 Å². The van der Waals surface area contributed by atoms with Crippen LogP contribution < -0.4 is 10.9 Å². The molecule has 22 heavy (non-hydrogen) atoms. The Morgan fingerprint density at radius 2 is 2.36 bits per heavy atom. The number of thiophene rings is 1. The van der Waals surface area contributed by atoms with E-state index in [0.29, 0.717) is 11.9 Å². The molecule has 3 rings (SSSR count). The van der Waals surface area contributed by atoms with Crippen LogP contribution in [0.3, 0.4) is 0 Å². The van der Waals surface area contributed by atoms with Gasteiger partial charge in [0.2, 0.25) is 5.91 Å². The highest BCUT2D eigenvalue weighted by Crippen LogP contribution is 2.25. The van der Waals surface area contributed by atoms with Crippen LogP contribution in [-0.2, 0) is 16.1 Å². The van der Waals surface area contributed by atoms with Crippen LogP contribution in [0.4, 0.5) is 0 Å². The zero-order valence-corrected chi connectivity index (χ0v) is 13.5. The Morgan fingerprint density at radius 3 is 3.09 bits per heavy atom. The van der Waals surface area contributed by atoms with Gasteiger partial charge in [-0.05, 0) is 32.3 Å². The average Bonchev–Trinajstić information content (AvgIpc) is 3.09. The van der Waals surface area contributed by atoms with Gasteiger partial charge in [0.15, 0.2) is 0 Å². The van der Waals surface area contributed by atoms with Gasteiger partial charge in [0.05, 0.1) is 17.8 Å². The fourth-order valence-corrected chi connectivity index (χ4v) is 3.61. The molecule has 1 aliphatic rings.